The fraction of sp³-hybridized carbons (Fsp3) is 0.0556. The minimum absolute atomic E-state index is 0.00486. The summed E-state index contributed by atoms with van der Waals surface area (Å²) in [5, 5.41) is 2.45. The lowest BCUT2D eigenvalue weighted by Crippen LogP contribution is -1.99. The molecule has 3 aromatic rings. The van der Waals surface area contributed by atoms with Crippen LogP contribution < -0.4 is 5.73 Å². The van der Waals surface area contributed by atoms with Crippen molar-refractivity contribution in [3.63, 3.8) is 0 Å². The van der Waals surface area contributed by atoms with Crippen molar-refractivity contribution >= 4 is 34.0 Å². The molecule has 0 fully saturated rings. The van der Waals surface area contributed by atoms with Crippen LogP contribution in [0.2, 0.25) is 0 Å². The van der Waals surface area contributed by atoms with Crippen molar-refractivity contribution in [2.24, 2.45) is 0 Å². The summed E-state index contributed by atoms with van der Waals surface area (Å²) >= 11 is 1.65. The van der Waals surface area contributed by atoms with Crippen molar-refractivity contribution in [3.05, 3.63) is 66.2 Å². The number of nitrogen functional groups attached to an aromatic ring is 1. The largest absolute Gasteiger partial charge is 0.398 e. The molecule has 0 bridgehead atoms. The first-order chi connectivity index (χ1) is 10.1. The third kappa shape index (κ3) is 2.93. The van der Waals surface area contributed by atoms with Crippen molar-refractivity contribution in [2.75, 3.05) is 5.73 Å². The summed E-state index contributed by atoms with van der Waals surface area (Å²) in [7, 11) is 0. The van der Waals surface area contributed by atoms with Gasteiger partial charge in [-0.3, -0.25) is 4.79 Å². The Hall–Kier alpha value is -2.26. The summed E-state index contributed by atoms with van der Waals surface area (Å²) in [6.07, 6.45) is 0. The summed E-state index contributed by atoms with van der Waals surface area (Å²) in [4.78, 5) is 13.6. The molecule has 0 amide bonds. The molecule has 21 heavy (non-hydrogen) atoms. The Kier molecular flexibility index (Phi) is 3.67. The van der Waals surface area contributed by atoms with Gasteiger partial charge in [0.2, 0.25) is 0 Å². The number of carbonyl (C=O) groups excluding carboxylic acids is 1. The molecule has 0 saturated carbocycles. The maximum atomic E-state index is 11.4. The number of benzene rings is 3. The zero-order chi connectivity index (χ0) is 14.8. The second kappa shape index (κ2) is 5.62. The Morgan fingerprint density at radius 2 is 1.57 bits per heavy atom. The molecule has 0 radical (unpaired) electrons. The first-order valence-electron chi connectivity index (χ1n) is 6.70. The van der Waals surface area contributed by atoms with Crippen LogP contribution in [0.25, 0.3) is 10.8 Å². The Morgan fingerprint density at radius 3 is 2.29 bits per heavy atom. The lowest BCUT2D eigenvalue weighted by atomic mass is 10.1. The van der Waals surface area contributed by atoms with Gasteiger partial charge in [-0.1, -0.05) is 42.1 Å². The zero-order valence-corrected chi connectivity index (χ0v) is 12.5. The van der Waals surface area contributed by atoms with Gasteiger partial charge in [-0.25, -0.2) is 0 Å². The number of fused-ring (bicyclic) bond motifs is 1. The maximum absolute atomic E-state index is 11.4. The molecule has 0 unspecified atom stereocenters. The van der Waals surface area contributed by atoms with E-state index in [0.717, 1.165) is 9.79 Å². The van der Waals surface area contributed by atoms with Crippen LogP contribution in [-0.2, 0) is 0 Å². The lowest BCUT2D eigenvalue weighted by Gasteiger charge is -2.07. The molecule has 0 aliphatic carbocycles. The quantitative estimate of drug-likeness (QED) is 0.558. The van der Waals surface area contributed by atoms with Crippen LogP contribution >= 0.6 is 11.8 Å². The van der Waals surface area contributed by atoms with Gasteiger partial charge in [-0.05, 0) is 48.0 Å². The summed E-state index contributed by atoms with van der Waals surface area (Å²) in [5.74, 6) is -0.00486. The van der Waals surface area contributed by atoms with Crippen LogP contribution in [0, 0.1) is 0 Å². The van der Waals surface area contributed by atoms with Gasteiger partial charge in [0.15, 0.2) is 5.78 Å². The SMILES string of the molecule is CC(=O)c1ccc(Sc2ccc3ccccc3c2)cc1N. The van der Waals surface area contributed by atoms with E-state index in [1.807, 2.05) is 24.3 Å². The third-order valence-electron chi connectivity index (χ3n) is 3.36. The van der Waals surface area contributed by atoms with Crippen LogP contribution in [-0.4, -0.2) is 5.78 Å². The summed E-state index contributed by atoms with van der Waals surface area (Å²) in [6.45, 7) is 1.53. The second-order valence-corrected chi connectivity index (χ2v) is 6.06. The van der Waals surface area contributed by atoms with E-state index in [2.05, 4.69) is 30.3 Å². The molecule has 0 heterocycles. The second-order valence-electron chi connectivity index (χ2n) is 4.92. The number of hydrogen-bond donors (Lipinski definition) is 1. The van der Waals surface area contributed by atoms with Crippen molar-refractivity contribution in [1.29, 1.82) is 0 Å². The van der Waals surface area contributed by atoms with Gasteiger partial charge in [0.05, 0.1) is 0 Å². The fourth-order valence-electron chi connectivity index (χ4n) is 2.29. The molecule has 0 saturated heterocycles. The van der Waals surface area contributed by atoms with E-state index in [-0.39, 0.29) is 5.78 Å². The monoisotopic (exact) mass is 293 g/mol. The van der Waals surface area contributed by atoms with Gasteiger partial charge in [0.1, 0.15) is 0 Å². The maximum Gasteiger partial charge on any atom is 0.161 e. The predicted molar refractivity (Wildman–Crippen MR) is 88.9 cm³/mol. The summed E-state index contributed by atoms with van der Waals surface area (Å²) < 4.78 is 0. The van der Waals surface area contributed by atoms with Crippen LogP contribution in [0.1, 0.15) is 17.3 Å². The molecular formula is C18H15NOS. The van der Waals surface area contributed by atoms with Crippen molar-refractivity contribution in [1.82, 2.24) is 0 Å². The lowest BCUT2D eigenvalue weighted by molar-refractivity contribution is 0.101. The number of Topliss-reactive ketones (excluding diaryl/α,β-unsaturated/α-hetero) is 1. The number of nitrogens with two attached hydrogens (primary N) is 1. The summed E-state index contributed by atoms with van der Waals surface area (Å²) in [6, 6.07) is 20.2. The zero-order valence-electron chi connectivity index (χ0n) is 11.7. The Balaban J connectivity index is 1.91. The van der Waals surface area contributed by atoms with Gasteiger partial charge < -0.3 is 5.73 Å². The van der Waals surface area contributed by atoms with Gasteiger partial charge in [-0.15, -0.1) is 0 Å². The van der Waals surface area contributed by atoms with E-state index < -0.39 is 0 Å². The molecule has 3 heteroatoms. The first kappa shape index (κ1) is 13.7. The van der Waals surface area contributed by atoms with Gasteiger partial charge >= 0.3 is 0 Å². The third-order valence-corrected chi connectivity index (χ3v) is 4.34. The van der Waals surface area contributed by atoms with E-state index in [4.69, 9.17) is 5.73 Å². The molecular weight excluding hydrogens is 278 g/mol. The highest BCUT2D eigenvalue weighted by Gasteiger charge is 2.06. The van der Waals surface area contributed by atoms with Crippen LogP contribution in [0.5, 0.6) is 0 Å². The standard InChI is InChI=1S/C18H15NOS/c1-12(20)17-9-8-16(11-18(17)19)21-15-7-6-13-4-2-3-5-14(13)10-15/h2-11H,19H2,1H3. The van der Waals surface area contributed by atoms with E-state index >= 15 is 0 Å². The molecule has 0 atom stereocenters. The molecule has 2 N–H and O–H groups in total. The minimum atomic E-state index is -0.00486. The highest BCUT2D eigenvalue weighted by Crippen LogP contribution is 2.32. The number of rotatable bonds is 3. The van der Waals surface area contributed by atoms with Crippen LogP contribution in [0.4, 0.5) is 5.69 Å². The van der Waals surface area contributed by atoms with Crippen molar-refractivity contribution < 1.29 is 4.79 Å². The summed E-state index contributed by atoms with van der Waals surface area (Å²) in [5.41, 5.74) is 7.05. The number of anilines is 1. The highest BCUT2D eigenvalue weighted by molar-refractivity contribution is 7.99. The molecule has 0 aliphatic rings. The van der Waals surface area contributed by atoms with E-state index in [0.29, 0.717) is 11.3 Å². The topological polar surface area (TPSA) is 43.1 Å². The normalized spacial score (nSPS) is 10.7. The molecule has 0 aliphatic heterocycles. The number of carbonyl (C=O) groups is 1. The van der Waals surface area contributed by atoms with Crippen LogP contribution in [0.15, 0.2) is 70.5 Å². The molecule has 0 aromatic heterocycles. The van der Waals surface area contributed by atoms with Gasteiger partial charge in [0.25, 0.3) is 0 Å². The predicted octanol–water partition coefficient (Wildman–Crippen LogP) is 4.78. The van der Waals surface area contributed by atoms with E-state index in [1.165, 1.54) is 17.7 Å². The minimum Gasteiger partial charge on any atom is -0.398 e. The average Bonchev–Trinajstić information content (AvgIpc) is 2.47. The molecule has 104 valence electrons. The number of hydrogen-bond acceptors (Lipinski definition) is 3. The van der Waals surface area contributed by atoms with Crippen LogP contribution in [0.3, 0.4) is 0 Å². The van der Waals surface area contributed by atoms with E-state index in [9.17, 15) is 4.79 Å². The fourth-order valence-corrected chi connectivity index (χ4v) is 3.21. The first-order valence-corrected chi connectivity index (χ1v) is 7.52. The van der Waals surface area contributed by atoms with Gasteiger partial charge in [0, 0.05) is 21.0 Å². The highest BCUT2D eigenvalue weighted by atomic mass is 32.2. The van der Waals surface area contributed by atoms with Crippen molar-refractivity contribution in [2.45, 2.75) is 16.7 Å². The number of ketones is 1. The molecule has 3 rings (SSSR count). The Bertz CT molecular complexity index is 826. The smallest absolute Gasteiger partial charge is 0.161 e. The molecule has 3 aromatic carbocycles. The van der Waals surface area contributed by atoms with Gasteiger partial charge in [-0.2, -0.15) is 0 Å². The Labute approximate surface area is 128 Å². The molecule has 0 spiro atoms. The Morgan fingerprint density at radius 1 is 0.905 bits per heavy atom. The molecule has 2 nitrogen and oxygen atoms in total. The van der Waals surface area contributed by atoms with E-state index in [1.54, 1.807) is 17.8 Å². The average molecular weight is 293 g/mol. The van der Waals surface area contributed by atoms with Crippen molar-refractivity contribution in [3.8, 4) is 0 Å².